The largest absolute Gasteiger partial charge is 0.493 e. The van der Waals surface area contributed by atoms with E-state index in [1.54, 1.807) is 12.1 Å². The second-order valence-electron chi connectivity index (χ2n) is 6.89. The van der Waals surface area contributed by atoms with Crippen LogP contribution in [0.1, 0.15) is 49.5 Å². The molecular formula is C23H30N2O3. The van der Waals surface area contributed by atoms with E-state index in [2.05, 4.69) is 5.32 Å². The first-order valence-electron chi connectivity index (χ1n) is 9.86. The summed E-state index contributed by atoms with van der Waals surface area (Å²) in [7, 11) is 0. The molecule has 0 bridgehead atoms. The third-order valence-corrected chi connectivity index (χ3v) is 4.42. The van der Waals surface area contributed by atoms with Gasteiger partial charge in [-0.3, -0.25) is 9.59 Å². The van der Waals surface area contributed by atoms with Crippen molar-refractivity contribution in [2.45, 2.75) is 46.2 Å². The average Bonchev–Trinajstić information content (AvgIpc) is 2.70. The fourth-order valence-corrected chi connectivity index (χ4v) is 2.95. The molecule has 0 spiro atoms. The van der Waals surface area contributed by atoms with Crippen molar-refractivity contribution in [3.63, 3.8) is 0 Å². The van der Waals surface area contributed by atoms with Gasteiger partial charge in [0.2, 0.25) is 5.91 Å². The van der Waals surface area contributed by atoms with Gasteiger partial charge in [-0.15, -0.1) is 0 Å². The number of amides is 2. The van der Waals surface area contributed by atoms with E-state index in [0.717, 1.165) is 5.56 Å². The summed E-state index contributed by atoms with van der Waals surface area (Å²) in [5.74, 6) is 0.497. The van der Waals surface area contributed by atoms with Crippen molar-refractivity contribution in [1.82, 2.24) is 10.2 Å². The summed E-state index contributed by atoms with van der Waals surface area (Å²) in [6.45, 7) is 7.48. The number of carbonyl (C=O) groups is 2. The monoisotopic (exact) mass is 382 g/mol. The number of nitrogens with one attached hydrogen (secondary N) is 1. The highest BCUT2D eigenvalue weighted by molar-refractivity contribution is 5.96. The Balaban J connectivity index is 1.83. The quantitative estimate of drug-likeness (QED) is 0.631. The van der Waals surface area contributed by atoms with E-state index >= 15 is 0 Å². The normalized spacial score (nSPS) is 10.6. The van der Waals surface area contributed by atoms with Crippen LogP contribution in [0.5, 0.6) is 5.75 Å². The van der Waals surface area contributed by atoms with Crippen LogP contribution in [-0.2, 0) is 11.3 Å². The Morgan fingerprint density at radius 1 is 1.04 bits per heavy atom. The second-order valence-corrected chi connectivity index (χ2v) is 6.89. The lowest BCUT2D eigenvalue weighted by atomic mass is 10.1. The molecule has 0 saturated heterocycles. The van der Waals surface area contributed by atoms with E-state index in [1.807, 2.05) is 68.1 Å². The van der Waals surface area contributed by atoms with Crippen LogP contribution in [0.15, 0.2) is 54.6 Å². The molecule has 0 heterocycles. The van der Waals surface area contributed by atoms with Crippen LogP contribution in [0.2, 0.25) is 0 Å². The van der Waals surface area contributed by atoms with Gasteiger partial charge >= 0.3 is 0 Å². The molecule has 28 heavy (non-hydrogen) atoms. The molecule has 2 aromatic rings. The van der Waals surface area contributed by atoms with Crippen molar-refractivity contribution in [1.29, 1.82) is 0 Å². The zero-order valence-electron chi connectivity index (χ0n) is 17.0. The first-order valence-corrected chi connectivity index (χ1v) is 9.86. The van der Waals surface area contributed by atoms with E-state index in [0.29, 0.717) is 43.9 Å². The van der Waals surface area contributed by atoms with Gasteiger partial charge in [-0.25, -0.2) is 0 Å². The van der Waals surface area contributed by atoms with Gasteiger partial charge in [0.15, 0.2) is 0 Å². The number of benzene rings is 2. The number of carbonyl (C=O) groups excluding carboxylic acids is 2. The predicted octanol–water partition coefficient (Wildman–Crippen LogP) is 4.03. The van der Waals surface area contributed by atoms with E-state index in [1.165, 1.54) is 0 Å². The van der Waals surface area contributed by atoms with Gasteiger partial charge in [-0.1, -0.05) is 42.5 Å². The smallest absolute Gasteiger partial charge is 0.255 e. The SMILES string of the molecule is CCOc1ccccc1C(=O)NCCCC(=O)N(Cc1ccccc1)C(C)C. The van der Waals surface area contributed by atoms with Gasteiger partial charge in [0.25, 0.3) is 5.91 Å². The Bertz CT molecular complexity index is 759. The maximum atomic E-state index is 12.6. The molecule has 0 aliphatic heterocycles. The van der Waals surface area contributed by atoms with Crippen LogP contribution >= 0.6 is 0 Å². The molecule has 0 unspecified atom stereocenters. The predicted molar refractivity (Wildman–Crippen MR) is 111 cm³/mol. The lowest BCUT2D eigenvalue weighted by Gasteiger charge is -2.27. The van der Waals surface area contributed by atoms with Crippen LogP contribution in [-0.4, -0.2) is 35.9 Å². The third kappa shape index (κ3) is 6.41. The van der Waals surface area contributed by atoms with Gasteiger partial charge in [-0.05, 0) is 44.9 Å². The Morgan fingerprint density at radius 3 is 2.39 bits per heavy atom. The summed E-state index contributed by atoms with van der Waals surface area (Å²) < 4.78 is 5.50. The molecule has 150 valence electrons. The Kier molecular flexibility index (Phi) is 8.53. The van der Waals surface area contributed by atoms with E-state index < -0.39 is 0 Å². The summed E-state index contributed by atoms with van der Waals surface area (Å²) in [6, 6.07) is 17.3. The van der Waals surface area contributed by atoms with Crippen LogP contribution < -0.4 is 10.1 Å². The Hall–Kier alpha value is -2.82. The van der Waals surface area contributed by atoms with Gasteiger partial charge in [0, 0.05) is 25.6 Å². The number of hydrogen-bond donors (Lipinski definition) is 1. The van der Waals surface area contributed by atoms with Crippen LogP contribution in [0.25, 0.3) is 0 Å². The van der Waals surface area contributed by atoms with Crippen molar-refractivity contribution >= 4 is 11.8 Å². The van der Waals surface area contributed by atoms with Crippen molar-refractivity contribution < 1.29 is 14.3 Å². The van der Waals surface area contributed by atoms with Crippen LogP contribution in [0, 0.1) is 0 Å². The Morgan fingerprint density at radius 2 is 1.71 bits per heavy atom. The molecule has 0 radical (unpaired) electrons. The first kappa shape index (κ1) is 21.5. The average molecular weight is 383 g/mol. The van der Waals surface area contributed by atoms with Crippen molar-refractivity contribution in [2.24, 2.45) is 0 Å². The van der Waals surface area contributed by atoms with Crippen molar-refractivity contribution in [2.75, 3.05) is 13.2 Å². The summed E-state index contributed by atoms with van der Waals surface area (Å²) >= 11 is 0. The van der Waals surface area contributed by atoms with Crippen LogP contribution in [0.3, 0.4) is 0 Å². The summed E-state index contributed by atoms with van der Waals surface area (Å²) in [5, 5.41) is 2.88. The molecule has 0 saturated carbocycles. The van der Waals surface area contributed by atoms with E-state index in [9.17, 15) is 9.59 Å². The van der Waals surface area contributed by atoms with Gasteiger partial charge < -0.3 is 15.0 Å². The summed E-state index contributed by atoms with van der Waals surface area (Å²) in [5.41, 5.74) is 1.63. The molecule has 0 fully saturated rings. The number of nitrogens with zero attached hydrogens (tertiary/aromatic N) is 1. The fraction of sp³-hybridized carbons (Fsp3) is 0.391. The third-order valence-electron chi connectivity index (χ3n) is 4.42. The standard InChI is InChI=1S/C23H30N2O3/c1-4-28-21-14-9-8-13-20(21)23(27)24-16-10-15-22(26)25(18(2)3)17-19-11-6-5-7-12-19/h5-9,11-14,18H,4,10,15-17H2,1-3H3,(H,24,27). The molecule has 2 rings (SSSR count). The topological polar surface area (TPSA) is 58.6 Å². The fourth-order valence-electron chi connectivity index (χ4n) is 2.95. The maximum absolute atomic E-state index is 12.6. The molecule has 5 nitrogen and oxygen atoms in total. The molecule has 0 atom stereocenters. The van der Waals surface area contributed by atoms with Gasteiger partial charge in [0.05, 0.1) is 12.2 Å². The van der Waals surface area contributed by atoms with Crippen LogP contribution in [0.4, 0.5) is 0 Å². The molecule has 1 N–H and O–H groups in total. The number of rotatable bonds is 10. The highest BCUT2D eigenvalue weighted by Gasteiger charge is 2.17. The van der Waals surface area contributed by atoms with E-state index in [4.69, 9.17) is 4.74 Å². The minimum absolute atomic E-state index is 0.0998. The lowest BCUT2D eigenvalue weighted by Crippen LogP contribution is -2.36. The molecule has 2 amide bonds. The van der Waals surface area contributed by atoms with Gasteiger partial charge in [-0.2, -0.15) is 0 Å². The molecule has 0 aliphatic rings. The number of hydrogen-bond acceptors (Lipinski definition) is 3. The second kappa shape index (κ2) is 11.1. The summed E-state index contributed by atoms with van der Waals surface area (Å²) in [4.78, 5) is 26.9. The van der Waals surface area contributed by atoms with Crippen molar-refractivity contribution in [3.8, 4) is 5.75 Å². The zero-order chi connectivity index (χ0) is 20.4. The maximum Gasteiger partial charge on any atom is 0.255 e. The lowest BCUT2D eigenvalue weighted by molar-refractivity contribution is -0.133. The molecule has 0 aromatic heterocycles. The highest BCUT2D eigenvalue weighted by atomic mass is 16.5. The van der Waals surface area contributed by atoms with Gasteiger partial charge in [0.1, 0.15) is 5.75 Å². The minimum Gasteiger partial charge on any atom is -0.493 e. The molecule has 5 heteroatoms. The summed E-state index contributed by atoms with van der Waals surface area (Å²) in [6.07, 6.45) is 0.998. The minimum atomic E-state index is -0.179. The zero-order valence-corrected chi connectivity index (χ0v) is 17.0. The number of ether oxygens (including phenoxy) is 1. The molecular weight excluding hydrogens is 352 g/mol. The first-order chi connectivity index (χ1) is 13.5. The van der Waals surface area contributed by atoms with Crippen molar-refractivity contribution in [3.05, 3.63) is 65.7 Å². The highest BCUT2D eigenvalue weighted by Crippen LogP contribution is 2.17. The Labute approximate surface area is 167 Å². The molecule has 0 aliphatic carbocycles. The van der Waals surface area contributed by atoms with E-state index in [-0.39, 0.29) is 17.9 Å². The molecule has 2 aromatic carbocycles. The number of para-hydroxylation sites is 1.